The lowest BCUT2D eigenvalue weighted by molar-refractivity contribution is -0.116. The zero-order valence-corrected chi connectivity index (χ0v) is 15.1. The third-order valence-electron chi connectivity index (χ3n) is 4.04. The first kappa shape index (κ1) is 19.5. The molecule has 4 N–H and O–H groups in total. The number of ether oxygens (including phenoxy) is 1. The van der Waals surface area contributed by atoms with Gasteiger partial charge in [-0.3, -0.25) is 9.59 Å². The van der Waals surface area contributed by atoms with Gasteiger partial charge in [0.1, 0.15) is 5.75 Å². The Morgan fingerprint density at radius 2 is 1.81 bits per heavy atom. The summed E-state index contributed by atoms with van der Waals surface area (Å²) in [6, 6.07) is 14.6. The van der Waals surface area contributed by atoms with Crippen molar-refractivity contribution < 1.29 is 14.3 Å². The van der Waals surface area contributed by atoms with Crippen LogP contribution >= 0.6 is 0 Å². The Morgan fingerprint density at radius 1 is 1.12 bits per heavy atom. The van der Waals surface area contributed by atoms with Gasteiger partial charge in [0.2, 0.25) is 5.91 Å². The molecule has 138 valence electrons. The number of rotatable bonds is 8. The van der Waals surface area contributed by atoms with E-state index in [0.29, 0.717) is 24.3 Å². The molecule has 0 saturated heterocycles. The number of nitrogens with one attached hydrogen (secondary N) is 2. The van der Waals surface area contributed by atoms with Gasteiger partial charge in [0.05, 0.1) is 18.4 Å². The first-order valence-corrected chi connectivity index (χ1v) is 8.56. The Balaban J connectivity index is 2.07. The summed E-state index contributed by atoms with van der Waals surface area (Å²) in [6.45, 7) is 2.71. The Morgan fingerprint density at radius 3 is 2.54 bits per heavy atom. The Labute approximate surface area is 153 Å². The fourth-order valence-electron chi connectivity index (χ4n) is 2.73. The first-order valence-electron chi connectivity index (χ1n) is 8.56. The van der Waals surface area contributed by atoms with E-state index in [1.165, 1.54) is 0 Å². The van der Waals surface area contributed by atoms with Gasteiger partial charge in [0.15, 0.2) is 0 Å². The SMILES string of the molecule is COc1ccccc1C(C)CC(=O)Nc1ccccc1C(=O)NCCN. The summed E-state index contributed by atoms with van der Waals surface area (Å²) in [6.07, 6.45) is 0.277. The Bertz CT molecular complexity index is 761. The van der Waals surface area contributed by atoms with Gasteiger partial charge in [-0.1, -0.05) is 37.3 Å². The predicted octanol–water partition coefficient (Wildman–Crippen LogP) is 2.52. The van der Waals surface area contributed by atoms with Crippen LogP contribution in [0.4, 0.5) is 5.69 Å². The maximum atomic E-state index is 12.5. The van der Waals surface area contributed by atoms with Gasteiger partial charge in [-0.05, 0) is 29.7 Å². The Kier molecular flexibility index (Phi) is 7.17. The van der Waals surface area contributed by atoms with E-state index in [1.54, 1.807) is 31.4 Å². The lowest BCUT2D eigenvalue weighted by atomic mass is 9.96. The van der Waals surface area contributed by atoms with Crippen LogP contribution in [0, 0.1) is 0 Å². The fourth-order valence-corrected chi connectivity index (χ4v) is 2.73. The number of anilines is 1. The standard InChI is InChI=1S/C20H25N3O3/c1-14(15-7-4-6-10-18(15)26-2)13-19(24)23-17-9-5-3-8-16(17)20(25)22-12-11-21/h3-10,14H,11-13,21H2,1-2H3,(H,22,25)(H,23,24). The second-order valence-corrected chi connectivity index (χ2v) is 5.99. The quantitative estimate of drug-likeness (QED) is 0.678. The van der Waals surface area contributed by atoms with E-state index >= 15 is 0 Å². The maximum Gasteiger partial charge on any atom is 0.253 e. The summed E-state index contributed by atoms with van der Waals surface area (Å²) in [4.78, 5) is 24.7. The number of carbonyl (C=O) groups excluding carboxylic acids is 2. The highest BCUT2D eigenvalue weighted by atomic mass is 16.5. The largest absolute Gasteiger partial charge is 0.496 e. The molecule has 0 fully saturated rings. The van der Waals surface area contributed by atoms with Crippen LogP contribution in [-0.2, 0) is 4.79 Å². The minimum Gasteiger partial charge on any atom is -0.496 e. The van der Waals surface area contributed by atoms with Crippen molar-refractivity contribution in [2.24, 2.45) is 5.73 Å². The molecule has 0 aromatic heterocycles. The van der Waals surface area contributed by atoms with Crippen molar-refractivity contribution in [2.45, 2.75) is 19.3 Å². The minimum absolute atomic E-state index is 0.0237. The molecular formula is C20H25N3O3. The molecule has 2 aromatic carbocycles. The van der Waals surface area contributed by atoms with E-state index in [-0.39, 0.29) is 24.2 Å². The van der Waals surface area contributed by atoms with Crippen LogP contribution in [-0.4, -0.2) is 32.0 Å². The van der Waals surface area contributed by atoms with Crippen molar-refractivity contribution in [3.8, 4) is 5.75 Å². The van der Waals surface area contributed by atoms with Crippen molar-refractivity contribution in [1.29, 1.82) is 0 Å². The van der Waals surface area contributed by atoms with Crippen molar-refractivity contribution in [3.05, 3.63) is 59.7 Å². The summed E-state index contributed by atoms with van der Waals surface area (Å²) >= 11 is 0. The summed E-state index contributed by atoms with van der Waals surface area (Å²) in [5.74, 6) is 0.311. The van der Waals surface area contributed by atoms with Crippen LogP contribution in [0.1, 0.15) is 35.2 Å². The molecule has 0 aliphatic carbocycles. The third kappa shape index (κ3) is 5.07. The highest BCUT2D eigenvalue weighted by Gasteiger charge is 2.17. The third-order valence-corrected chi connectivity index (χ3v) is 4.04. The lowest BCUT2D eigenvalue weighted by Crippen LogP contribution is -2.30. The molecule has 2 rings (SSSR count). The van der Waals surface area contributed by atoms with Crippen LogP contribution in [0.25, 0.3) is 0 Å². The topological polar surface area (TPSA) is 93.4 Å². The zero-order valence-electron chi connectivity index (χ0n) is 15.1. The molecule has 0 heterocycles. The van der Waals surface area contributed by atoms with Crippen LogP contribution in [0.3, 0.4) is 0 Å². The second kappa shape index (κ2) is 9.58. The number of para-hydroxylation sites is 2. The lowest BCUT2D eigenvalue weighted by Gasteiger charge is -2.16. The van der Waals surface area contributed by atoms with Crippen LogP contribution in [0.2, 0.25) is 0 Å². The van der Waals surface area contributed by atoms with Gasteiger partial charge in [0.25, 0.3) is 5.91 Å². The molecule has 2 amide bonds. The molecule has 26 heavy (non-hydrogen) atoms. The summed E-state index contributed by atoms with van der Waals surface area (Å²) in [7, 11) is 1.61. The number of hydrogen-bond acceptors (Lipinski definition) is 4. The molecule has 0 aliphatic rings. The highest BCUT2D eigenvalue weighted by Crippen LogP contribution is 2.28. The predicted molar refractivity (Wildman–Crippen MR) is 102 cm³/mol. The monoisotopic (exact) mass is 355 g/mol. The highest BCUT2D eigenvalue weighted by molar-refractivity contribution is 6.03. The van der Waals surface area contributed by atoms with Gasteiger partial charge < -0.3 is 21.1 Å². The number of nitrogens with two attached hydrogens (primary N) is 1. The summed E-state index contributed by atoms with van der Waals surface area (Å²) in [5.41, 5.74) is 7.29. The molecule has 6 heteroatoms. The second-order valence-electron chi connectivity index (χ2n) is 5.99. The summed E-state index contributed by atoms with van der Waals surface area (Å²) in [5, 5.41) is 5.55. The minimum atomic E-state index is -0.260. The molecule has 0 aliphatic heterocycles. The normalized spacial score (nSPS) is 11.5. The molecule has 0 spiro atoms. The number of amides is 2. The van der Waals surface area contributed by atoms with Crippen molar-refractivity contribution >= 4 is 17.5 Å². The Hall–Kier alpha value is -2.86. The van der Waals surface area contributed by atoms with E-state index in [2.05, 4.69) is 10.6 Å². The first-order chi connectivity index (χ1) is 12.6. The number of benzene rings is 2. The van der Waals surface area contributed by atoms with Gasteiger partial charge in [-0.25, -0.2) is 0 Å². The molecule has 0 bridgehead atoms. The van der Waals surface area contributed by atoms with Crippen molar-refractivity contribution in [2.75, 3.05) is 25.5 Å². The van der Waals surface area contributed by atoms with Crippen molar-refractivity contribution in [1.82, 2.24) is 5.32 Å². The average molecular weight is 355 g/mol. The van der Waals surface area contributed by atoms with Crippen LogP contribution in [0.5, 0.6) is 5.75 Å². The molecular weight excluding hydrogens is 330 g/mol. The summed E-state index contributed by atoms with van der Waals surface area (Å²) < 4.78 is 5.36. The van der Waals surface area contributed by atoms with E-state index in [1.807, 2.05) is 31.2 Å². The molecule has 6 nitrogen and oxygen atoms in total. The van der Waals surface area contributed by atoms with E-state index < -0.39 is 0 Å². The molecule has 1 atom stereocenters. The van der Waals surface area contributed by atoms with E-state index in [4.69, 9.17) is 10.5 Å². The van der Waals surface area contributed by atoms with Gasteiger partial charge in [0, 0.05) is 19.5 Å². The van der Waals surface area contributed by atoms with E-state index in [9.17, 15) is 9.59 Å². The van der Waals surface area contributed by atoms with Gasteiger partial charge in [-0.2, -0.15) is 0 Å². The van der Waals surface area contributed by atoms with Crippen molar-refractivity contribution in [3.63, 3.8) is 0 Å². The fraction of sp³-hybridized carbons (Fsp3) is 0.300. The smallest absolute Gasteiger partial charge is 0.253 e. The van der Waals surface area contributed by atoms with E-state index in [0.717, 1.165) is 11.3 Å². The van der Waals surface area contributed by atoms with Crippen LogP contribution in [0.15, 0.2) is 48.5 Å². The average Bonchev–Trinajstić information content (AvgIpc) is 2.66. The van der Waals surface area contributed by atoms with Gasteiger partial charge in [-0.15, -0.1) is 0 Å². The maximum absolute atomic E-state index is 12.5. The molecule has 0 radical (unpaired) electrons. The van der Waals surface area contributed by atoms with Gasteiger partial charge >= 0.3 is 0 Å². The van der Waals surface area contributed by atoms with Crippen LogP contribution < -0.4 is 21.1 Å². The molecule has 1 unspecified atom stereocenters. The molecule has 0 saturated carbocycles. The number of carbonyl (C=O) groups is 2. The zero-order chi connectivity index (χ0) is 18.9. The number of methoxy groups -OCH3 is 1. The number of hydrogen-bond donors (Lipinski definition) is 3. The molecule has 2 aromatic rings.